The fourth-order valence-corrected chi connectivity index (χ4v) is 6.93. The van der Waals surface area contributed by atoms with Crippen LogP contribution in [0.3, 0.4) is 0 Å². The molecule has 1 aliphatic carbocycles. The zero-order valence-corrected chi connectivity index (χ0v) is 14.4. The van der Waals surface area contributed by atoms with Crippen molar-refractivity contribution in [1.29, 1.82) is 0 Å². The van der Waals surface area contributed by atoms with E-state index in [1.54, 1.807) is 0 Å². The maximum atomic E-state index is 12.9. The van der Waals surface area contributed by atoms with Crippen LogP contribution in [0.5, 0.6) is 0 Å². The van der Waals surface area contributed by atoms with E-state index in [-0.39, 0.29) is 16.1 Å². The molecule has 130 valence electrons. The van der Waals surface area contributed by atoms with Crippen LogP contribution in [0.1, 0.15) is 77.0 Å². The number of hydrogen-bond donors (Lipinski definition) is 0. The van der Waals surface area contributed by atoms with E-state index in [0.29, 0.717) is 6.42 Å². The molecule has 0 N–H and O–H groups in total. The number of rotatable bonds is 3. The summed E-state index contributed by atoms with van der Waals surface area (Å²) in [6.45, 7) is 0. The first-order chi connectivity index (χ1) is 10.6. The molecule has 0 aromatic rings. The molecule has 0 radical (unpaired) electrons. The molecule has 0 spiro atoms. The highest BCUT2D eigenvalue weighted by Crippen LogP contribution is 2.31. The highest BCUT2D eigenvalue weighted by atomic mass is 32.2. The first kappa shape index (κ1) is 18.5. The number of halogens is 3. The van der Waals surface area contributed by atoms with Crippen molar-refractivity contribution < 1.29 is 17.6 Å². The van der Waals surface area contributed by atoms with Gasteiger partial charge in [-0.1, -0.05) is 44.9 Å². The summed E-state index contributed by atoms with van der Waals surface area (Å²) >= 11 is 0. The quantitative estimate of drug-likeness (QED) is 0.494. The van der Waals surface area contributed by atoms with Gasteiger partial charge in [0.15, 0.2) is 0 Å². The van der Waals surface area contributed by atoms with Crippen molar-refractivity contribution in [2.75, 3.05) is 11.5 Å². The molecule has 2 atom stereocenters. The van der Waals surface area contributed by atoms with E-state index in [4.69, 9.17) is 0 Å². The Morgan fingerprint density at radius 3 is 1.73 bits per heavy atom. The minimum Gasteiger partial charge on any atom is -0.502 e. The van der Waals surface area contributed by atoms with E-state index < -0.39 is 13.3 Å². The highest BCUT2D eigenvalue weighted by molar-refractivity contribution is 7.97. The fourth-order valence-electron chi connectivity index (χ4n) is 3.84. The molecule has 0 aromatic heterocycles. The normalized spacial score (nSPS) is 30.7. The van der Waals surface area contributed by atoms with Crippen LogP contribution in [0.2, 0.25) is 0 Å². The molecule has 1 saturated heterocycles. The third-order valence-corrected chi connectivity index (χ3v) is 7.98. The minimum absolute atomic E-state index is 0.158. The zero-order chi connectivity index (χ0) is 15.8. The molecular formula is C16H30BF3OS. The zero-order valence-electron chi connectivity index (χ0n) is 13.6. The summed E-state index contributed by atoms with van der Waals surface area (Å²) < 4.78 is 43.4. The average Bonchev–Trinajstić information content (AvgIpc) is 2.94. The van der Waals surface area contributed by atoms with Gasteiger partial charge in [-0.2, -0.15) is 0 Å². The number of hydrogen-bond acceptors (Lipinski definition) is 1. The van der Waals surface area contributed by atoms with Gasteiger partial charge in [-0.25, -0.2) is 0 Å². The SMILES string of the molecule is F[B-](F)(F)OC1CCCCCCCCCCC1[S+]1CCCC1. The van der Waals surface area contributed by atoms with E-state index in [1.165, 1.54) is 44.9 Å². The van der Waals surface area contributed by atoms with Gasteiger partial charge >= 0.3 is 7.18 Å². The molecule has 0 aromatic carbocycles. The Kier molecular flexibility index (Phi) is 7.95. The van der Waals surface area contributed by atoms with Crippen molar-refractivity contribution in [2.45, 2.75) is 88.4 Å². The largest absolute Gasteiger partial charge is 0.637 e. The van der Waals surface area contributed by atoms with Crippen LogP contribution in [-0.4, -0.2) is 30.0 Å². The van der Waals surface area contributed by atoms with Crippen molar-refractivity contribution in [3.8, 4) is 0 Å². The Morgan fingerprint density at radius 2 is 1.18 bits per heavy atom. The van der Waals surface area contributed by atoms with Crippen LogP contribution >= 0.6 is 0 Å². The van der Waals surface area contributed by atoms with Crippen molar-refractivity contribution in [2.24, 2.45) is 0 Å². The summed E-state index contributed by atoms with van der Waals surface area (Å²) in [6, 6.07) is 0. The Bertz CT molecular complexity index is 308. The summed E-state index contributed by atoms with van der Waals surface area (Å²) in [6.07, 6.45) is 12.5. The molecule has 0 bridgehead atoms. The predicted molar refractivity (Wildman–Crippen MR) is 90.2 cm³/mol. The summed E-state index contributed by atoms with van der Waals surface area (Å²) in [4.78, 5) is 0. The Morgan fingerprint density at radius 1 is 0.682 bits per heavy atom. The maximum absolute atomic E-state index is 12.9. The first-order valence-electron chi connectivity index (χ1n) is 9.09. The fraction of sp³-hybridized carbons (Fsp3) is 1.00. The van der Waals surface area contributed by atoms with Gasteiger partial charge < -0.3 is 17.6 Å². The molecule has 2 rings (SSSR count). The van der Waals surface area contributed by atoms with Crippen molar-refractivity contribution >= 4 is 18.1 Å². The van der Waals surface area contributed by atoms with Gasteiger partial charge in [0.05, 0.1) is 6.10 Å². The minimum atomic E-state index is -5.13. The van der Waals surface area contributed by atoms with Crippen molar-refractivity contribution in [3.63, 3.8) is 0 Å². The Hall–Kier alpha value is 0.165. The van der Waals surface area contributed by atoms with Crippen molar-refractivity contribution in [1.82, 2.24) is 0 Å². The molecule has 2 aliphatic rings. The van der Waals surface area contributed by atoms with E-state index in [2.05, 4.69) is 4.65 Å². The van der Waals surface area contributed by atoms with E-state index in [9.17, 15) is 12.9 Å². The van der Waals surface area contributed by atoms with Crippen molar-refractivity contribution in [3.05, 3.63) is 0 Å². The lowest BCUT2D eigenvalue weighted by atomic mass is 9.98. The smallest absolute Gasteiger partial charge is 0.502 e. The molecule has 1 aliphatic heterocycles. The van der Waals surface area contributed by atoms with Gasteiger partial charge in [0, 0.05) is 0 Å². The van der Waals surface area contributed by atoms with Gasteiger partial charge in [-0.3, -0.25) is 0 Å². The molecule has 22 heavy (non-hydrogen) atoms. The third kappa shape index (κ3) is 6.73. The first-order valence-corrected chi connectivity index (χ1v) is 10.7. The summed E-state index contributed by atoms with van der Waals surface area (Å²) in [5.74, 6) is 2.27. The standard InChI is InChI=1S/C16H30BF3OS/c18-17(19,20)21-15-11-7-5-3-1-2-4-6-8-12-16(15)22-13-9-10-14-22/h15-16H,1-14H2. The topological polar surface area (TPSA) is 9.23 Å². The second-order valence-electron chi connectivity index (χ2n) is 6.79. The lowest BCUT2D eigenvalue weighted by Gasteiger charge is -2.32. The van der Waals surface area contributed by atoms with Gasteiger partial charge in [0.2, 0.25) is 0 Å². The molecule has 0 amide bonds. The molecule has 1 nitrogen and oxygen atoms in total. The van der Waals surface area contributed by atoms with E-state index in [0.717, 1.165) is 37.2 Å². The maximum Gasteiger partial charge on any atom is 0.637 e. The van der Waals surface area contributed by atoms with Gasteiger partial charge in [0.25, 0.3) is 0 Å². The second-order valence-corrected chi connectivity index (χ2v) is 9.28. The van der Waals surface area contributed by atoms with Crippen LogP contribution in [0, 0.1) is 0 Å². The summed E-state index contributed by atoms with van der Waals surface area (Å²) in [5.41, 5.74) is 0. The second kappa shape index (κ2) is 9.46. The van der Waals surface area contributed by atoms with Crippen LogP contribution in [-0.2, 0) is 15.5 Å². The molecule has 6 heteroatoms. The predicted octanol–water partition coefficient (Wildman–Crippen LogP) is 5.41. The van der Waals surface area contributed by atoms with Crippen LogP contribution in [0.25, 0.3) is 0 Å². The molecule has 1 saturated carbocycles. The van der Waals surface area contributed by atoms with E-state index >= 15 is 0 Å². The highest BCUT2D eigenvalue weighted by Gasteiger charge is 2.42. The van der Waals surface area contributed by atoms with Gasteiger partial charge in [0.1, 0.15) is 16.8 Å². The summed E-state index contributed by atoms with van der Waals surface area (Å²) in [5, 5.41) is 0.158. The Labute approximate surface area is 136 Å². The monoisotopic (exact) mass is 338 g/mol. The van der Waals surface area contributed by atoms with Gasteiger partial charge in [-0.05, 0) is 43.0 Å². The third-order valence-electron chi connectivity index (χ3n) is 4.96. The Balaban J connectivity index is 2.02. The average molecular weight is 338 g/mol. The van der Waals surface area contributed by atoms with E-state index in [1.807, 2.05) is 0 Å². The van der Waals surface area contributed by atoms with Crippen LogP contribution in [0.15, 0.2) is 0 Å². The molecule has 1 heterocycles. The van der Waals surface area contributed by atoms with Crippen LogP contribution in [0.4, 0.5) is 12.9 Å². The molecule has 2 fully saturated rings. The molecule has 2 unspecified atom stereocenters. The lowest BCUT2D eigenvalue weighted by Crippen LogP contribution is -2.42. The molecular weight excluding hydrogens is 308 g/mol. The lowest BCUT2D eigenvalue weighted by molar-refractivity contribution is 0.0920. The van der Waals surface area contributed by atoms with Gasteiger partial charge in [-0.15, -0.1) is 0 Å². The van der Waals surface area contributed by atoms with Crippen LogP contribution < -0.4 is 0 Å². The summed E-state index contributed by atoms with van der Waals surface area (Å²) in [7, 11) is -4.97.